The van der Waals surface area contributed by atoms with Gasteiger partial charge in [0.05, 0.1) is 29.8 Å². The van der Waals surface area contributed by atoms with Crippen molar-refractivity contribution in [3.8, 4) is 5.75 Å². The van der Waals surface area contributed by atoms with Crippen molar-refractivity contribution in [2.45, 2.75) is 60.5 Å². The maximum Gasteiger partial charge on any atom is 0.247 e. The third-order valence-corrected chi connectivity index (χ3v) is 11.3. The second kappa shape index (κ2) is 11.9. The third-order valence-electron chi connectivity index (χ3n) is 8.07. The van der Waals surface area contributed by atoms with E-state index < -0.39 is 28.2 Å². The molecule has 3 aliphatic heterocycles. The lowest BCUT2D eigenvalue weighted by Gasteiger charge is -2.42. The molecule has 2 bridgehead atoms. The highest BCUT2D eigenvalue weighted by molar-refractivity contribution is 9.09. The van der Waals surface area contributed by atoms with Gasteiger partial charge in [-0.15, -0.1) is 24.9 Å². The number of aliphatic hydroxyl groups excluding tert-OH is 1. The van der Waals surface area contributed by atoms with E-state index in [1.807, 2.05) is 52.0 Å². The van der Waals surface area contributed by atoms with Crippen molar-refractivity contribution in [3.63, 3.8) is 0 Å². The van der Waals surface area contributed by atoms with Gasteiger partial charge in [0.25, 0.3) is 0 Å². The average molecular weight is 635 g/mol. The number of alkyl halides is 1. The Labute approximate surface area is 249 Å². The fourth-order valence-corrected chi connectivity index (χ4v) is 10.1. The maximum absolute atomic E-state index is 14.4. The van der Waals surface area contributed by atoms with E-state index in [2.05, 4.69) is 29.1 Å². The zero-order chi connectivity index (χ0) is 29.4. The number of benzene rings is 1. The molecule has 3 heterocycles. The summed E-state index contributed by atoms with van der Waals surface area (Å²) < 4.78 is 4.78. The number of anilines is 1. The Balaban J connectivity index is 1.76. The first-order chi connectivity index (χ1) is 19.0. The lowest BCUT2D eigenvalue weighted by molar-refractivity contribution is -0.145. The zero-order valence-corrected chi connectivity index (χ0v) is 26.1. The number of β-amino-alcohol motifs (C(OH)–C–C–N with tert-alkyl or cyclic N) is 1. The number of halogens is 1. The number of carbonyl (C=O) groups excluding carboxylic acids is 3. The number of hydrogen-bond donors (Lipinski definition) is 1. The monoisotopic (exact) mass is 633 g/mol. The fourth-order valence-electron chi connectivity index (χ4n) is 6.53. The van der Waals surface area contributed by atoms with E-state index in [4.69, 9.17) is 4.74 Å². The number of fused-ring (bicyclic) bond motifs is 1. The van der Waals surface area contributed by atoms with Crippen LogP contribution in [0.2, 0.25) is 0 Å². The highest BCUT2D eigenvalue weighted by Gasteiger charge is 2.76. The predicted molar refractivity (Wildman–Crippen MR) is 163 cm³/mol. The molecule has 1 aromatic rings. The highest BCUT2D eigenvalue weighted by atomic mass is 79.9. The van der Waals surface area contributed by atoms with Gasteiger partial charge in [0.2, 0.25) is 17.7 Å². The third kappa shape index (κ3) is 5.11. The highest BCUT2D eigenvalue weighted by Crippen LogP contribution is 2.68. The molecule has 3 fully saturated rings. The second-order valence-corrected chi connectivity index (χ2v) is 14.2. The van der Waals surface area contributed by atoms with Crippen LogP contribution in [0.25, 0.3) is 0 Å². The predicted octanol–water partition coefficient (Wildman–Crippen LogP) is 3.87. The Bertz CT molecular complexity index is 1150. The summed E-state index contributed by atoms with van der Waals surface area (Å²) in [4.78, 5) is 47.7. The molecule has 10 heteroatoms. The van der Waals surface area contributed by atoms with Gasteiger partial charge in [0.15, 0.2) is 0 Å². The van der Waals surface area contributed by atoms with Gasteiger partial charge in [-0.1, -0.05) is 28.1 Å². The first-order valence-electron chi connectivity index (χ1n) is 13.8. The second-order valence-electron chi connectivity index (χ2n) is 11.5. The van der Waals surface area contributed by atoms with Gasteiger partial charge < -0.3 is 24.5 Å². The van der Waals surface area contributed by atoms with Gasteiger partial charge in [-0.25, -0.2) is 0 Å². The quantitative estimate of drug-likeness (QED) is 0.294. The van der Waals surface area contributed by atoms with Crippen LogP contribution in [0.5, 0.6) is 5.75 Å². The first-order valence-corrected chi connectivity index (χ1v) is 15.6. The minimum Gasteiger partial charge on any atom is -0.494 e. The molecule has 0 aliphatic carbocycles. The van der Waals surface area contributed by atoms with Gasteiger partial charge in [-0.3, -0.25) is 14.4 Å². The molecule has 8 nitrogen and oxygen atoms in total. The fraction of sp³-hybridized carbons (Fsp3) is 0.567. The van der Waals surface area contributed by atoms with E-state index in [1.165, 1.54) is 4.90 Å². The minimum absolute atomic E-state index is 0.0356. The number of thioether (sulfide) groups is 1. The summed E-state index contributed by atoms with van der Waals surface area (Å²) >= 11 is 5.41. The van der Waals surface area contributed by atoms with Crippen LogP contribution < -0.4 is 9.64 Å². The summed E-state index contributed by atoms with van der Waals surface area (Å²) in [7, 11) is 0. The van der Waals surface area contributed by atoms with E-state index in [0.29, 0.717) is 31.0 Å². The maximum atomic E-state index is 14.4. The van der Waals surface area contributed by atoms with Crippen molar-refractivity contribution in [2.75, 3.05) is 37.7 Å². The van der Waals surface area contributed by atoms with E-state index in [1.54, 1.807) is 33.7 Å². The molecule has 1 aromatic carbocycles. The van der Waals surface area contributed by atoms with E-state index >= 15 is 0 Å². The van der Waals surface area contributed by atoms with Crippen LogP contribution in [-0.4, -0.2) is 91.9 Å². The lowest BCUT2D eigenvalue weighted by Crippen LogP contribution is -2.59. The molecule has 3 aliphatic rings. The number of likely N-dealkylation sites (tertiary alicyclic amines) is 1. The summed E-state index contributed by atoms with van der Waals surface area (Å²) in [5.41, 5.74) is 0.184. The van der Waals surface area contributed by atoms with Gasteiger partial charge >= 0.3 is 0 Å². The summed E-state index contributed by atoms with van der Waals surface area (Å²) in [6.45, 7) is 16.4. The molecule has 1 spiro atoms. The van der Waals surface area contributed by atoms with Crippen molar-refractivity contribution < 1.29 is 24.2 Å². The van der Waals surface area contributed by atoms with E-state index in [0.717, 1.165) is 0 Å². The normalized spacial score (nSPS) is 28.8. The largest absolute Gasteiger partial charge is 0.494 e. The SMILES string of the molecule is C=CCN(C(=O)[C@H]1[C@@H]2SC3(CC2Br)C(C(=O)N(CC=C)C(C)(C)C)N(CCO)C(=O)[C@H]13)c1ccc(OCC)cc1. The number of carbonyl (C=O) groups is 3. The Morgan fingerprint density at radius 3 is 2.40 bits per heavy atom. The van der Waals surface area contributed by atoms with Crippen LogP contribution >= 0.6 is 27.7 Å². The van der Waals surface area contributed by atoms with Crippen molar-refractivity contribution in [1.82, 2.24) is 9.80 Å². The van der Waals surface area contributed by atoms with Crippen LogP contribution in [0.15, 0.2) is 49.6 Å². The summed E-state index contributed by atoms with van der Waals surface area (Å²) in [5, 5.41) is 9.75. The van der Waals surface area contributed by atoms with Crippen LogP contribution in [0, 0.1) is 11.8 Å². The number of amides is 3. The molecule has 6 atom stereocenters. The molecule has 218 valence electrons. The van der Waals surface area contributed by atoms with E-state index in [-0.39, 0.29) is 47.5 Å². The molecule has 3 amide bonds. The standard InChI is InChI=1S/C30H40BrN3O5S/c1-7-14-32(19-10-12-20(13-11-19)39-9-3)26(36)22-23-27(37)33(16-17-35)25(30(23)18-21(31)24(22)40-30)28(38)34(15-8-2)29(4,5)6/h7-8,10-13,21-25,35H,1-2,9,14-18H2,3-6H3/t21?,22-,23+,24-,25?,30?/m1/s1. The molecular weight excluding hydrogens is 594 g/mol. The zero-order valence-electron chi connectivity index (χ0n) is 23.7. The average Bonchev–Trinajstić information content (AvgIpc) is 3.49. The molecule has 1 N–H and O–H groups in total. The Morgan fingerprint density at radius 1 is 1.20 bits per heavy atom. The van der Waals surface area contributed by atoms with E-state index in [9.17, 15) is 19.5 Å². The molecule has 3 unspecified atom stereocenters. The number of rotatable bonds is 11. The lowest BCUT2D eigenvalue weighted by atomic mass is 9.70. The van der Waals surface area contributed by atoms with Crippen LogP contribution in [0.3, 0.4) is 0 Å². The number of ether oxygens (including phenoxy) is 1. The number of nitrogens with zero attached hydrogens (tertiary/aromatic N) is 3. The van der Waals surface area contributed by atoms with Crippen LogP contribution in [0.1, 0.15) is 34.1 Å². The topological polar surface area (TPSA) is 90.4 Å². The Kier molecular flexibility index (Phi) is 9.12. The summed E-state index contributed by atoms with van der Waals surface area (Å²) in [5.74, 6) is -1.18. The van der Waals surface area contributed by atoms with Crippen LogP contribution in [-0.2, 0) is 14.4 Å². The van der Waals surface area contributed by atoms with Crippen molar-refractivity contribution in [1.29, 1.82) is 0 Å². The van der Waals surface area contributed by atoms with Gasteiger partial charge in [-0.2, -0.15) is 0 Å². The smallest absolute Gasteiger partial charge is 0.247 e. The number of aliphatic hydroxyl groups is 1. The minimum atomic E-state index is -0.789. The van der Waals surface area contributed by atoms with Crippen molar-refractivity contribution in [2.24, 2.45) is 11.8 Å². The van der Waals surface area contributed by atoms with Crippen LogP contribution in [0.4, 0.5) is 5.69 Å². The first kappa shape index (κ1) is 30.7. The Hall–Kier alpha value is -2.30. The van der Waals surface area contributed by atoms with Gasteiger partial charge in [-0.05, 0) is 58.4 Å². The number of hydrogen-bond acceptors (Lipinski definition) is 6. The molecular formula is C30H40BrN3O5S. The molecule has 40 heavy (non-hydrogen) atoms. The van der Waals surface area contributed by atoms with Crippen molar-refractivity contribution >= 4 is 51.1 Å². The molecule has 4 rings (SSSR count). The summed E-state index contributed by atoms with van der Waals surface area (Å²) in [6, 6.07) is 6.54. The Morgan fingerprint density at radius 2 is 1.85 bits per heavy atom. The van der Waals surface area contributed by atoms with Gasteiger partial charge in [0, 0.05) is 40.9 Å². The molecule has 0 radical (unpaired) electrons. The molecule has 0 aromatic heterocycles. The van der Waals surface area contributed by atoms with Crippen molar-refractivity contribution in [3.05, 3.63) is 49.6 Å². The summed E-state index contributed by atoms with van der Waals surface area (Å²) in [6.07, 6.45) is 3.94. The molecule has 3 saturated heterocycles. The molecule has 0 saturated carbocycles. The van der Waals surface area contributed by atoms with Gasteiger partial charge in [0.1, 0.15) is 11.8 Å².